The van der Waals surface area contributed by atoms with Crippen LogP contribution in [0.1, 0.15) is 24.8 Å². The maximum atomic E-state index is 13.3. The molecule has 1 aliphatic rings. The van der Waals surface area contributed by atoms with E-state index in [4.69, 9.17) is 9.15 Å². The molecule has 8 heteroatoms. The topological polar surface area (TPSA) is 88.8 Å². The first-order valence-corrected chi connectivity index (χ1v) is 12.8. The quantitative estimate of drug-likeness (QED) is 0.424. The number of amides is 1. The van der Waals surface area contributed by atoms with Gasteiger partial charge in [0, 0.05) is 29.7 Å². The summed E-state index contributed by atoms with van der Waals surface area (Å²) < 4.78 is 39.0. The lowest BCUT2D eigenvalue weighted by Crippen LogP contribution is -2.35. The van der Waals surface area contributed by atoms with Crippen LogP contribution in [-0.4, -0.2) is 38.8 Å². The molecule has 176 valence electrons. The summed E-state index contributed by atoms with van der Waals surface area (Å²) in [4.78, 5) is 13.0. The number of fused-ring (bicyclic) bond motifs is 3. The molecule has 4 aromatic rings. The number of sulfonamides is 1. The van der Waals surface area contributed by atoms with E-state index in [2.05, 4.69) is 5.32 Å². The molecule has 0 bridgehead atoms. The van der Waals surface area contributed by atoms with Crippen LogP contribution in [-0.2, 0) is 21.2 Å². The van der Waals surface area contributed by atoms with E-state index < -0.39 is 10.0 Å². The number of hydrogen-bond acceptors (Lipinski definition) is 5. The van der Waals surface area contributed by atoms with E-state index in [1.807, 2.05) is 36.4 Å². The summed E-state index contributed by atoms with van der Waals surface area (Å²) in [6.45, 7) is 0.979. The van der Waals surface area contributed by atoms with Crippen LogP contribution in [0, 0.1) is 0 Å². The number of furan rings is 1. The Bertz CT molecular complexity index is 1470. The van der Waals surface area contributed by atoms with Gasteiger partial charge in [-0.3, -0.25) is 4.79 Å². The van der Waals surface area contributed by atoms with Crippen LogP contribution >= 0.6 is 0 Å². The third kappa shape index (κ3) is 4.15. The molecular weight excluding hydrogens is 452 g/mol. The molecule has 1 saturated heterocycles. The van der Waals surface area contributed by atoms with Crippen LogP contribution in [0.2, 0.25) is 0 Å². The molecule has 1 amide bonds. The Balaban J connectivity index is 1.41. The fraction of sp³-hybridized carbons (Fsp3) is 0.269. The Morgan fingerprint density at radius 2 is 1.85 bits per heavy atom. The molecule has 0 atom stereocenters. The van der Waals surface area contributed by atoms with Crippen LogP contribution < -0.4 is 10.1 Å². The summed E-state index contributed by atoms with van der Waals surface area (Å²) in [5.74, 6) is -0.00186. The van der Waals surface area contributed by atoms with Gasteiger partial charge in [-0.25, -0.2) is 8.42 Å². The minimum absolute atomic E-state index is 0.0643. The van der Waals surface area contributed by atoms with Crippen LogP contribution in [0.3, 0.4) is 0 Å². The highest BCUT2D eigenvalue weighted by atomic mass is 32.2. The van der Waals surface area contributed by atoms with Gasteiger partial charge in [0.2, 0.25) is 15.9 Å². The first kappa shape index (κ1) is 22.4. The van der Waals surface area contributed by atoms with Gasteiger partial charge in [-0.2, -0.15) is 4.31 Å². The lowest BCUT2D eigenvalue weighted by atomic mass is 10.0. The number of anilines is 1. The highest BCUT2D eigenvalue weighted by Gasteiger charge is 2.29. The third-order valence-electron chi connectivity index (χ3n) is 6.27. The Labute approximate surface area is 198 Å². The summed E-state index contributed by atoms with van der Waals surface area (Å²) in [7, 11) is -2.28. The number of carbonyl (C=O) groups excluding carboxylic acids is 1. The zero-order chi connectivity index (χ0) is 23.7. The molecule has 7 nitrogen and oxygen atoms in total. The van der Waals surface area contributed by atoms with E-state index in [9.17, 15) is 13.2 Å². The Morgan fingerprint density at radius 3 is 2.65 bits per heavy atom. The van der Waals surface area contributed by atoms with Crippen molar-refractivity contribution in [2.24, 2.45) is 0 Å². The lowest BCUT2D eigenvalue weighted by Gasteiger charge is -2.26. The largest absolute Gasteiger partial charge is 0.495 e. The SMILES string of the molecule is COc1ccc(NC(=O)Cc2coc3ccc4ccccc4c23)cc1S(=O)(=O)N1CCCCC1. The van der Waals surface area contributed by atoms with Gasteiger partial charge in [0.25, 0.3) is 0 Å². The fourth-order valence-electron chi connectivity index (χ4n) is 4.58. The van der Waals surface area contributed by atoms with E-state index in [0.717, 1.165) is 46.6 Å². The van der Waals surface area contributed by atoms with Crippen LogP contribution in [0.25, 0.3) is 21.7 Å². The standard InChI is InChI=1S/C26H26N2O5S/c1-32-22-12-10-20(16-24(22)34(30,31)28-13-5-2-6-14-28)27-25(29)15-19-17-33-23-11-9-18-7-3-4-8-21(18)26(19)23/h3-4,7-12,16-17H,2,5-6,13-15H2,1H3,(H,27,29). The van der Waals surface area contributed by atoms with Crippen LogP contribution in [0.5, 0.6) is 5.75 Å². The van der Waals surface area contributed by atoms with Crippen LogP contribution in [0.4, 0.5) is 5.69 Å². The van der Waals surface area contributed by atoms with Gasteiger partial charge in [-0.1, -0.05) is 36.8 Å². The van der Waals surface area contributed by atoms with E-state index >= 15 is 0 Å². The number of hydrogen-bond donors (Lipinski definition) is 1. The second kappa shape index (κ2) is 9.12. The van der Waals surface area contributed by atoms with E-state index in [-0.39, 0.29) is 23.0 Å². The average Bonchev–Trinajstić information content (AvgIpc) is 3.27. The van der Waals surface area contributed by atoms with Crippen molar-refractivity contribution in [2.45, 2.75) is 30.6 Å². The van der Waals surface area contributed by atoms with Crippen molar-refractivity contribution in [3.63, 3.8) is 0 Å². The molecule has 1 fully saturated rings. The zero-order valence-electron chi connectivity index (χ0n) is 18.9. The molecule has 0 spiro atoms. The Kier molecular flexibility index (Phi) is 6.02. The number of nitrogens with zero attached hydrogens (tertiary/aromatic N) is 1. The number of benzene rings is 3. The first-order valence-electron chi connectivity index (χ1n) is 11.3. The van der Waals surface area contributed by atoms with Crippen molar-refractivity contribution < 1.29 is 22.4 Å². The second-order valence-corrected chi connectivity index (χ2v) is 10.4. The van der Waals surface area contributed by atoms with Gasteiger partial charge in [-0.05, 0) is 47.9 Å². The maximum Gasteiger partial charge on any atom is 0.246 e. The van der Waals surface area contributed by atoms with Gasteiger partial charge in [0.1, 0.15) is 16.2 Å². The van der Waals surface area contributed by atoms with E-state index in [1.165, 1.54) is 17.5 Å². The number of rotatable bonds is 6. The van der Waals surface area contributed by atoms with Crippen molar-refractivity contribution >= 4 is 43.4 Å². The summed E-state index contributed by atoms with van der Waals surface area (Å²) in [5, 5.41) is 5.85. The van der Waals surface area contributed by atoms with Crippen molar-refractivity contribution in [3.05, 3.63) is 66.4 Å². The Morgan fingerprint density at radius 1 is 1.06 bits per heavy atom. The molecule has 3 aromatic carbocycles. The molecule has 34 heavy (non-hydrogen) atoms. The van der Waals surface area contributed by atoms with Crippen molar-refractivity contribution in [1.29, 1.82) is 0 Å². The lowest BCUT2D eigenvalue weighted by molar-refractivity contribution is -0.115. The summed E-state index contributed by atoms with van der Waals surface area (Å²) in [5.41, 5.74) is 1.90. The number of piperidine rings is 1. The molecule has 5 rings (SSSR count). The summed E-state index contributed by atoms with van der Waals surface area (Å²) in [6.07, 6.45) is 4.41. The Hall–Kier alpha value is -3.36. The summed E-state index contributed by atoms with van der Waals surface area (Å²) in [6, 6.07) is 16.6. The molecule has 1 aliphatic heterocycles. The van der Waals surface area contributed by atoms with Crippen molar-refractivity contribution in [3.8, 4) is 5.75 Å². The molecule has 0 saturated carbocycles. The number of ether oxygens (including phenoxy) is 1. The van der Waals surface area contributed by atoms with Gasteiger partial charge < -0.3 is 14.5 Å². The molecular formula is C26H26N2O5S. The third-order valence-corrected chi connectivity index (χ3v) is 8.19. The van der Waals surface area contributed by atoms with Gasteiger partial charge in [0.05, 0.1) is 19.8 Å². The average molecular weight is 479 g/mol. The number of methoxy groups -OCH3 is 1. The minimum Gasteiger partial charge on any atom is -0.495 e. The smallest absolute Gasteiger partial charge is 0.246 e. The highest BCUT2D eigenvalue weighted by Crippen LogP contribution is 2.32. The van der Waals surface area contributed by atoms with Crippen molar-refractivity contribution in [2.75, 3.05) is 25.5 Å². The molecule has 1 aromatic heterocycles. The first-order chi connectivity index (χ1) is 16.5. The monoisotopic (exact) mass is 478 g/mol. The maximum absolute atomic E-state index is 13.3. The molecule has 1 N–H and O–H groups in total. The van der Waals surface area contributed by atoms with Gasteiger partial charge >= 0.3 is 0 Å². The summed E-state index contributed by atoms with van der Waals surface area (Å²) >= 11 is 0. The van der Waals surface area contributed by atoms with Gasteiger partial charge in [-0.15, -0.1) is 0 Å². The minimum atomic E-state index is -3.72. The predicted octanol–water partition coefficient (Wildman–Crippen LogP) is 4.95. The van der Waals surface area contributed by atoms with Crippen LogP contribution in [0.15, 0.2) is 70.2 Å². The number of nitrogens with one attached hydrogen (secondary N) is 1. The second-order valence-electron chi connectivity index (χ2n) is 8.48. The van der Waals surface area contributed by atoms with Gasteiger partial charge in [0.15, 0.2) is 0 Å². The highest BCUT2D eigenvalue weighted by molar-refractivity contribution is 7.89. The molecule has 0 aliphatic carbocycles. The molecule has 2 heterocycles. The van der Waals surface area contributed by atoms with E-state index in [0.29, 0.717) is 18.8 Å². The normalized spacial score (nSPS) is 15.0. The van der Waals surface area contributed by atoms with Crippen molar-refractivity contribution in [1.82, 2.24) is 4.31 Å². The zero-order valence-corrected chi connectivity index (χ0v) is 19.7. The predicted molar refractivity (Wildman–Crippen MR) is 132 cm³/mol. The van der Waals surface area contributed by atoms with E-state index in [1.54, 1.807) is 18.4 Å². The fourth-order valence-corrected chi connectivity index (χ4v) is 6.28. The molecule has 0 radical (unpaired) electrons. The number of carbonyl (C=O) groups is 1. The molecule has 0 unspecified atom stereocenters.